The summed E-state index contributed by atoms with van der Waals surface area (Å²) in [5.41, 5.74) is 1.31. The van der Waals surface area contributed by atoms with Crippen molar-refractivity contribution in [2.24, 2.45) is 0 Å². The zero-order chi connectivity index (χ0) is 17.0. The van der Waals surface area contributed by atoms with Crippen LogP contribution in [-0.2, 0) is 9.47 Å². The van der Waals surface area contributed by atoms with Gasteiger partial charge in [-0.1, -0.05) is 48.6 Å². The Labute approximate surface area is 142 Å². The fourth-order valence-electron chi connectivity index (χ4n) is 2.05. The lowest BCUT2D eigenvalue weighted by Crippen LogP contribution is -2.29. The SMILES string of the molecule is [O-]C(NCCOCCOCCNC([O-])=C1C=CC=C1)=C1C=CC=C1. The zero-order valence-electron chi connectivity index (χ0n) is 13.5. The van der Waals surface area contributed by atoms with Crippen molar-refractivity contribution in [1.82, 2.24) is 10.6 Å². The quantitative estimate of drug-likeness (QED) is 0.396. The number of rotatable bonds is 11. The van der Waals surface area contributed by atoms with E-state index >= 15 is 0 Å². The van der Waals surface area contributed by atoms with Gasteiger partial charge in [-0.2, -0.15) is 0 Å². The highest BCUT2D eigenvalue weighted by atomic mass is 16.5. The van der Waals surface area contributed by atoms with Crippen molar-refractivity contribution in [3.05, 3.63) is 71.5 Å². The summed E-state index contributed by atoms with van der Waals surface area (Å²) in [4.78, 5) is 0. The molecule has 6 heteroatoms. The Hall–Kier alpha value is -2.44. The number of nitrogens with one attached hydrogen (secondary N) is 2. The molecular formula is C18H22N2O4-2. The summed E-state index contributed by atoms with van der Waals surface area (Å²) in [6.45, 7) is 2.68. The maximum atomic E-state index is 11.6. The summed E-state index contributed by atoms with van der Waals surface area (Å²) < 4.78 is 10.7. The topological polar surface area (TPSA) is 88.6 Å². The Balaban J connectivity index is 1.41. The second kappa shape index (κ2) is 10.4. The average Bonchev–Trinajstić information content (AvgIpc) is 3.29. The Morgan fingerprint density at radius 2 is 1.04 bits per heavy atom. The molecule has 0 fully saturated rings. The maximum Gasteiger partial charge on any atom is 0.0701 e. The number of ether oxygens (including phenoxy) is 2. The number of allylic oxidation sites excluding steroid dienone is 10. The van der Waals surface area contributed by atoms with Gasteiger partial charge in [-0.25, -0.2) is 0 Å². The molecule has 0 atom stereocenters. The molecule has 130 valence electrons. The van der Waals surface area contributed by atoms with Crippen LogP contribution in [0.1, 0.15) is 0 Å². The number of hydrogen-bond donors (Lipinski definition) is 2. The molecule has 0 aromatic rings. The molecule has 0 radical (unpaired) electrons. The lowest BCUT2D eigenvalue weighted by Gasteiger charge is -2.17. The summed E-state index contributed by atoms with van der Waals surface area (Å²) in [7, 11) is 0. The molecule has 24 heavy (non-hydrogen) atoms. The third kappa shape index (κ3) is 6.36. The summed E-state index contributed by atoms with van der Waals surface area (Å²) >= 11 is 0. The summed E-state index contributed by atoms with van der Waals surface area (Å²) in [6, 6.07) is 0. The molecule has 0 heterocycles. The first-order chi connectivity index (χ1) is 11.8. The molecule has 0 aromatic carbocycles. The van der Waals surface area contributed by atoms with E-state index in [-0.39, 0.29) is 11.8 Å². The summed E-state index contributed by atoms with van der Waals surface area (Å²) in [6.07, 6.45) is 14.4. The van der Waals surface area contributed by atoms with E-state index in [0.29, 0.717) is 50.7 Å². The highest BCUT2D eigenvalue weighted by Crippen LogP contribution is 2.08. The standard InChI is InChI=1S/C18H24N2O4/c21-17(15-5-1-2-6-15)19-9-11-23-13-14-24-12-10-20-18(22)16-7-3-4-8-16/h1-8,19-22H,9-14H2/p-2. The first-order valence-electron chi connectivity index (χ1n) is 7.92. The normalized spacial score (nSPS) is 14.7. The molecule has 0 aromatic heterocycles. The van der Waals surface area contributed by atoms with Crippen LogP contribution in [0.3, 0.4) is 0 Å². The largest absolute Gasteiger partial charge is 0.860 e. The Morgan fingerprint density at radius 3 is 1.42 bits per heavy atom. The first kappa shape index (κ1) is 17.9. The maximum absolute atomic E-state index is 11.6. The zero-order valence-corrected chi connectivity index (χ0v) is 13.5. The van der Waals surface area contributed by atoms with Gasteiger partial charge < -0.3 is 30.3 Å². The molecule has 0 unspecified atom stereocenters. The minimum Gasteiger partial charge on any atom is -0.860 e. The van der Waals surface area contributed by atoms with E-state index < -0.39 is 0 Å². The van der Waals surface area contributed by atoms with Gasteiger partial charge in [0.2, 0.25) is 0 Å². The van der Waals surface area contributed by atoms with Gasteiger partial charge >= 0.3 is 0 Å². The molecule has 6 nitrogen and oxygen atoms in total. The van der Waals surface area contributed by atoms with Crippen LogP contribution in [0, 0.1) is 0 Å². The monoisotopic (exact) mass is 330 g/mol. The highest BCUT2D eigenvalue weighted by Gasteiger charge is 1.96. The average molecular weight is 330 g/mol. The van der Waals surface area contributed by atoms with Gasteiger partial charge in [-0.15, -0.1) is 0 Å². The van der Waals surface area contributed by atoms with Crippen LogP contribution in [0.5, 0.6) is 0 Å². The predicted molar refractivity (Wildman–Crippen MR) is 88.3 cm³/mol. The van der Waals surface area contributed by atoms with Crippen LogP contribution in [-0.4, -0.2) is 39.5 Å². The molecule has 0 spiro atoms. The van der Waals surface area contributed by atoms with E-state index in [9.17, 15) is 10.2 Å². The molecular weight excluding hydrogens is 308 g/mol. The van der Waals surface area contributed by atoms with Crippen molar-refractivity contribution in [1.29, 1.82) is 0 Å². The van der Waals surface area contributed by atoms with E-state index in [1.54, 1.807) is 24.3 Å². The molecule has 2 aliphatic rings. The van der Waals surface area contributed by atoms with E-state index in [1.807, 2.05) is 24.3 Å². The van der Waals surface area contributed by atoms with E-state index in [1.165, 1.54) is 0 Å². The van der Waals surface area contributed by atoms with Gasteiger partial charge in [-0.3, -0.25) is 0 Å². The highest BCUT2D eigenvalue weighted by molar-refractivity contribution is 5.41. The lowest BCUT2D eigenvalue weighted by molar-refractivity contribution is -0.313. The second-order valence-electron chi connectivity index (χ2n) is 5.08. The molecule has 0 aliphatic heterocycles. The van der Waals surface area contributed by atoms with Crippen molar-refractivity contribution < 1.29 is 19.7 Å². The van der Waals surface area contributed by atoms with Crippen molar-refractivity contribution >= 4 is 0 Å². The van der Waals surface area contributed by atoms with E-state index in [2.05, 4.69) is 10.6 Å². The van der Waals surface area contributed by atoms with E-state index in [0.717, 1.165) is 0 Å². The second-order valence-corrected chi connectivity index (χ2v) is 5.08. The van der Waals surface area contributed by atoms with Crippen LogP contribution in [0.15, 0.2) is 71.5 Å². The Bertz CT molecular complexity index is 506. The molecule has 0 saturated carbocycles. The fraction of sp³-hybridized carbons (Fsp3) is 0.333. The minimum absolute atomic E-state index is 0.0968. The Morgan fingerprint density at radius 1 is 0.667 bits per heavy atom. The van der Waals surface area contributed by atoms with Crippen LogP contribution < -0.4 is 20.8 Å². The lowest BCUT2D eigenvalue weighted by atomic mass is 10.3. The van der Waals surface area contributed by atoms with Crippen molar-refractivity contribution in [3.8, 4) is 0 Å². The first-order valence-corrected chi connectivity index (χ1v) is 7.92. The fourth-order valence-corrected chi connectivity index (χ4v) is 2.05. The molecule has 2 N–H and O–H groups in total. The molecule has 0 amide bonds. The third-order valence-electron chi connectivity index (χ3n) is 3.29. The predicted octanol–water partition coefficient (Wildman–Crippen LogP) is -0.405. The molecule has 2 aliphatic carbocycles. The number of hydrogen-bond acceptors (Lipinski definition) is 6. The van der Waals surface area contributed by atoms with Crippen LogP contribution in [0.2, 0.25) is 0 Å². The molecule has 2 rings (SSSR count). The Kier molecular flexibility index (Phi) is 7.73. The van der Waals surface area contributed by atoms with Gasteiger partial charge in [0.1, 0.15) is 0 Å². The summed E-state index contributed by atoms with van der Waals surface area (Å²) in [5.74, 6) is -0.194. The third-order valence-corrected chi connectivity index (χ3v) is 3.29. The molecule has 0 saturated heterocycles. The molecule has 0 bridgehead atoms. The van der Waals surface area contributed by atoms with Crippen molar-refractivity contribution in [3.63, 3.8) is 0 Å². The van der Waals surface area contributed by atoms with Crippen LogP contribution >= 0.6 is 0 Å². The minimum atomic E-state index is -0.0968. The smallest absolute Gasteiger partial charge is 0.0701 e. The van der Waals surface area contributed by atoms with E-state index in [4.69, 9.17) is 9.47 Å². The van der Waals surface area contributed by atoms with Crippen molar-refractivity contribution in [2.75, 3.05) is 39.5 Å². The van der Waals surface area contributed by atoms with Gasteiger partial charge in [-0.05, 0) is 22.9 Å². The summed E-state index contributed by atoms with van der Waals surface area (Å²) in [5, 5.41) is 28.8. The van der Waals surface area contributed by atoms with Crippen LogP contribution in [0.4, 0.5) is 0 Å². The van der Waals surface area contributed by atoms with Gasteiger partial charge in [0.15, 0.2) is 0 Å². The van der Waals surface area contributed by atoms with Gasteiger partial charge in [0.05, 0.1) is 26.4 Å². The van der Waals surface area contributed by atoms with Crippen molar-refractivity contribution in [2.45, 2.75) is 0 Å². The van der Waals surface area contributed by atoms with Gasteiger partial charge in [0.25, 0.3) is 0 Å². The van der Waals surface area contributed by atoms with Crippen LogP contribution in [0.25, 0.3) is 0 Å². The van der Waals surface area contributed by atoms with Gasteiger partial charge in [0, 0.05) is 13.1 Å².